The molecule has 4 heterocycles. The van der Waals surface area contributed by atoms with Gasteiger partial charge in [0.2, 0.25) is 11.8 Å². The first-order valence-corrected chi connectivity index (χ1v) is 12.7. The second-order valence-corrected chi connectivity index (χ2v) is 9.99. The van der Waals surface area contributed by atoms with E-state index in [2.05, 4.69) is 39.4 Å². The standard InChI is InChI=1S/C25H35N9O3/c1-16(2)14-20-23-27-18(4)30-34(23)13-12-32(10-7-9-21(35)31(5)17(3)24(36)28-20)25(37)19-8-6-11-33-15-26-29-22(19)33/h6,8,11,15-17,20H,7,9-10,12-14H2,1-5H3,(H,28,36)/t17-,20+/m0/s1. The van der Waals surface area contributed by atoms with Crippen molar-refractivity contribution in [1.29, 1.82) is 0 Å². The van der Waals surface area contributed by atoms with Gasteiger partial charge in [0.25, 0.3) is 5.91 Å². The highest BCUT2D eigenvalue weighted by Gasteiger charge is 2.29. The van der Waals surface area contributed by atoms with Crippen LogP contribution >= 0.6 is 0 Å². The molecule has 3 aromatic heterocycles. The molecule has 3 amide bonds. The fourth-order valence-corrected chi connectivity index (χ4v) is 4.59. The number of amides is 3. The topological polar surface area (TPSA) is 131 Å². The van der Waals surface area contributed by atoms with Crippen LogP contribution in [0.1, 0.15) is 68.1 Å². The largest absolute Gasteiger partial charge is 0.344 e. The predicted octanol–water partition coefficient (Wildman–Crippen LogP) is 1.62. The highest BCUT2D eigenvalue weighted by Crippen LogP contribution is 2.22. The Morgan fingerprint density at radius 2 is 2.00 bits per heavy atom. The number of likely N-dealkylation sites (N-methyl/N-ethyl adjacent to an activating group) is 1. The molecule has 0 aliphatic carbocycles. The summed E-state index contributed by atoms with van der Waals surface area (Å²) in [5, 5.41) is 15.7. The van der Waals surface area contributed by atoms with Gasteiger partial charge in [-0.25, -0.2) is 9.67 Å². The predicted molar refractivity (Wildman–Crippen MR) is 135 cm³/mol. The number of nitrogens with zero attached hydrogens (tertiary/aromatic N) is 8. The first-order chi connectivity index (χ1) is 17.7. The second-order valence-electron chi connectivity index (χ2n) is 9.99. The van der Waals surface area contributed by atoms with E-state index in [0.29, 0.717) is 55.3 Å². The maximum atomic E-state index is 13.7. The Labute approximate surface area is 216 Å². The van der Waals surface area contributed by atoms with Crippen LogP contribution in [0.15, 0.2) is 24.7 Å². The number of fused-ring (bicyclic) bond motifs is 2. The summed E-state index contributed by atoms with van der Waals surface area (Å²) in [7, 11) is 1.64. The molecule has 0 aromatic carbocycles. The van der Waals surface area contributed by atoms with E-state index in [-0.39, 0.29) is 36.1 Å². The van der Waals surface area contributed by atoms with Crippen LogP contribution in [0.4, 0.5) is 0 Å². The number of hydrogen-bond donors (Lipinski definition) is 1. The number of carbonyl (C=O) groups excluding carboxylic acids is 3. The summed E-state index contributed by atoms with van der Waals surface area (Å²) >= 11 is 0. The van der Waals surface area contributed by atoms with Gasteiger partial charge in [0.05, 0.1) is 18.2 Å². The molecule has 0 fully saturated rings. The third-order valence-corrected chi connectivity index (χ3v) is 6.74. The average molecular weight is 510 g/mol. The maximum absolute atomic E-state index is 13.7. The van der Waals surface area contributed by atoms with Crippen LogP contribution in [0, 0.1) is 12.8 Å². The Morgan fingerprint density at radius 3 is 2.76 bits per heavy atom. The van der Waals surface area contributed by atoms with Crippen LogP contribution < -0.4 is 5.32 Å². The smallest absolute Gasteiger partial charge is 0.257 e. The number of carbonyl (C=O) groups is 3. The van der Waals surface area contributed by atoms with Gasteiger partial charge in [0.15, 0.2) is 5.65 Å². The Bertz CT molecular complexity index is 1280. The molecule has 2 atom stereocenters. The number of nitrogens with one attached hydrogen (secondary N) is 1. The molecule has 0 radical (unpaired) electrons. The van der Waals surface area contributed by atoms with E-state index in [4.69, 9.17) is 0 Å². The Balaban J connectivity index is 1.69. The van der Waals surface area contributed by atoms with Gasteiger partial charge in [0.1, 0.15) is 24.0 Å². The first-order valence-electron chi connectivity index (χ1n) is 12.7. The number of hydrogen-bond acceptors (Lipinski definition) is 7. The van der Waals surface area contributed by atoms with Crippen molar-refractivity contribution in [2.24, 2.45) is 5.92 Å². The molecule has 198 valence electrons. The fourth-order valence-electron chi connectivity index (χ4n) is 4.59. The van der Waals surface area contributed by atoms with Crippen molar-refractivity contribution in [3.8, 4) is 0 Å². The van der Waals surface area contributed by atoms with Gasteiger partial charge in [-0.05, 0) is 44.7 Å². The van der Waals surface area contributed by atoms with Crippen LogP contribution in [0.2, 0.25) is 0 Å². The molecule has 0 saturated heterocycles. The normalized spacial score (nSPS) is 20.2. The van der Waals surface area contributed by atoms with E-state index in [1.165, 1.54) is 4.90 Å². The first kappa shape index (κ1) is 26.2. The van der Waals surface area contributed by atoms with Crippen LogP contribution in [-0.4, -0.2) is 83.1 Å². The molecule has 1 N–H and O–H groups in total. The van der Waals surface area contributed by atoms with E-state index >= 15 is 0 Å². The zero-order valence-corrected chi connectivity index (χ0v) is 22.1. The lowest BCUT2D eigenvalue weighted by atomic mass is 10.0. The molecular weight excluding hydrogens is 474 g/mol. The third kappa shape index (κ3) is 5.78. The molecule has 12 heteroatoms. The van der Waals surface area contributed by atoms with Crippen LogP contribution in [0.3, 0.4) is 0 Å². The molecule has 12 nitrogen and oxygen atoms in total. The lowest BCUT2D eigenvalue weighted by Gasteiger charge is -2.29. The molecule has 1 aliphatic heterocycles. The van der Waals surface area contributed by atoms with Gasteiger partial charge in [-0.2, -0.15) is 5.10 Å². The van der Waals surface area contributed by atoms with E-state index in [1.807, 2.05) is 6.92 Å². The van der Waals surface area contributed by atoms with Gasteiger partial charge < -0.3 is 15.1 Å². The quantitative estimate of drug-likeness (QED) is 0.568. The summed E-state index contributed by atoms with van der Waals surface area (Å²) in [6, 6.07) is 2.49. The molecular formula is C25H35N9O3. The number of aryl methyl sites for hydroxylation is 1. The highest BCUT2D eigenvalue weighted by atomic mass is 16.2. The summed E-state index contributed by atoms with van der Waals surface area (Å²) in [6.45, 7) is 8.80. The summed E-state index contributed by atoms with van der Waals surface area (Å²) in [5.74, 6) is 0.949. The third-order valence-electron chi connectivity index (χ3n) is 6.74. The molecule has 0 bridgehead atoms. The van der Waals surface area contributed by atoms with Crippen LogP contribution in [-0.2, 0) is 16.1 Å². The lowest BCUT2D eigenvalue weighted by Crippen LogP contribution is -2.47. The van der Waals surface area contributed by atoms with Gasteiger partial charge in [-0.3, -0.25) is 18.8 Å². The Kier molecular flexibility index (Phi) is 7.84. The van der Waals surface area contributed by atoms with Gasteiger partial charge in [-0.15, -0.1) is 10.2 Å². The minimum atomic E-state index is -0.647. The monoisotopic (exact) mass is 509 g/mol. The van der Waals surface area contributed by atoms with Crippen molar-refractivity contribution in [3.63, 3.8) is 0 Å². The summed E-state index contributed by atoms with van der Waals surface area (Å²) < 4.78 is 3.49. The summed E-state index contributed by atoms with van der Waals surface area (Å²) in [4.78, 5) is 47.5. The van der Waals surface area contributed by atoms with Crippen LogP contribution in [0.5, 0.6) is 0 Å². The number of pyridine rings is 1. The van der Waals surface area contributed by atoms with Gasteiger partial charge in [0, 0.05) is 32.8 Å². The maximum Gasteiger partial charge on any atom is 0.257 e. The van der Waals surface area contributed by atoms with Crippen molar-refractivity contribution >= 4 is 23.4 Å². The van der Waals surface area contributed by atoms with E-state index in [9.17, 15) is 14.4 Å². The Hall–Kier alpha value is -3.83. The number of aromatic nitrogens is 6. The summed E-state index contributed by atoms with van der Waals surface area (Å²) in [6.07, 6.45) is 4.68. The molecule has 4 rings (SSSR count). The minimum absolute atomic E-state index is 0.147. The fraction of sp³-hybridized carbons (Fsp3) is 0.560. The molecule has 0 spiro atoms. The minimum Gasteiger partial charge on any atom is -0.344 e. The Morgan fingerprint density at radius 1 is 1.22 bits per heavy atom. The van der Waals surface area contributed by atoms with Crippen molar-refractivity contribution < 1.29 is 14.4 Å². The van der Waals surface area contributed by atoms with Gasteiger partial charge in [-0.1, -0.05) is 13.8 Å². The van der Waals surface area contributed by atoms with E-state index < -0.39 is 6.04 Å². The second kappa shape index (κ2) is 11.1. The molecule has 0 saturated carbocycles. The zero-order valence-electron chi connectivity index (χ0n) is 22.1. The molecule has 3 aromatic rings. The summed E-state index contributed by atoms with van der Waals surface area (Å²) in [5.41, 5.74) is 0.923. The molecule has 1 aliphatic rings. The molecule has 37 heavy (non-hydrogen) atoms. The van der Waals surface area contributed by atoms with Crippen LogP contribution in [0.25, 0.3) is 5.65 Å². The highest BCUT2D eigenvalue weighted by molar-refractivity contribution is 5.99. The average Bonchev–Trinajstić information content (AvgIpc) is 3.49. The van der Waals surface area contributed by atoms with Crippen molar-refractivity contribution in [2.75, 3.05) is 20.1 Å². The number of rotatable bonds is 3. The van der Waals surface area contributed by atoms with Crippen molar-refractivity contribution in [1.82, 2.24) is 44.5 Å². The van der Waals surface area contributed by atoms with E-state index in [1.54, 1.807) is 52.6 Å². The van der Waals surface area contributed by atoms with Crippen molar-refractivity contribution in [2.45, 2.75) is 65.6 Å². The molecule has 0 unspecified atom stereocenters. The van der Waals surface area contributed by atoms with Gasteiger partial charge >= 0.3 is 0 Å². The lowest BCUT2D eigenvalue weighted by molar-refractivity contribution is -0.138. The van der Waals surface area contributed by atoms with Crippen molar-refractivity contribution in [3.05, 3.63) is 41.9 Å². The zero-order chi connectivity index (χ0) is 26.7. The van der Waals surface area contributed by atoms with E-state index in [0.717, 1.165) is 0 Å². The SMILES string of the molecule is Cc1nc2n(n1)CCN(C(=O)c1cccn3cnnc13)CCCC(=O)N(C)[C@@H](C)C(=O)N[C@@H]2CC(C)C.